The molecule has 2 aromatic heterocycles. The van der Waals surface area contributed by atoms with Crippen LogP contribution in [-0.2, 0) is 6.54 Å². The summed E-state index contributed by atoms with van der Waals surface area (Å²) in [6, 6.07) is 9.80. The van der Waals surface area contributed by atoms with Crippen LogP contribution in [-0.4, -0.2) is 6.04 Å². The van der Waals surface area contributed by atoms with E-state index in [0.717, 1.165) is 36.3 Å². The summed E-state index contributed by atoms with van der Waals surface area (Å²) in [5.74, 6) is 4.11. The summed E-state index contributed by atoms with van der Waals surface area (Å²) in [6.45, 7) is 1.07. The van der Waals surface area contributed by atoms with Gasteiger partial charge in [0.15, 0.2) is 0 Å². The first-order chi connectivity index (χ1) is 10.8. The predicted molar refractivity (Wildman–Crippen MR) is 95.3 cm³/mol. The first kappa shape index (κ1) is 13.8. The Kier molecular flexibility index (Phi) is 3.42. The third-order valence-electron chi connectivity index (χ3n) is 6.16. The predicted octanol–water partition coefficient (Wildman–Crippen LogP) is 5.39. The summed E-state index contributed by atoms with van der Waals surface area (Å²) in [4.78, 5) is 4.33. The van der Waals surface area contributed by atoms with Crippen molar-refractivity contribution in [3.8, 4) is 9.75 Å². The van der Waals surface area contributed by atoms with E-state index < -0.39 is 0 Å². The van der Waals surface area contributed by atoms with Gasteiger partial charge in [0.25, 0.3) is 0 Å². The zero-order chi connectivity index (χ0) is 14.5. The van der Waals surface area contributed by atoms with E-state index in [2.05, 4.69) is 35.0 Å². The molecule has 0 saturated heterocycles. The van der Waals surface area contributed by atoms with Crippen LogP contribution in [0.1, 0.15) is 37.0 Å². The quantitative estimate of drug-likeness (QED) is 0.793. The average Bonchev–Trinajstić information content (AvgIpc) is 3.17. The molecule has 0 spiro atoms. The van der Waals surface area contributed by atoms with E-state index in [1.54, 1.807) is 6.42 Å². The van der Waals surface area contributed by atoms with Crippen LogP contribution in [0.5, 0.6) is 0 Å². The summed E-state index contributed by atoms with van der Waals surface area (Å²) in [7, 11) is 0. The van der Waals surface area contributed by atoms with Gasteiger partial charge in [-0.2, -0.15) is 0 Å². The zero-order valence-electron chi connectivity index (χ0n) is 12.8. The Morgan fingerprint density at radius 3 is 2.36 bits per heavy atom. The van der Waals surface area contributed by atoms with Gasteiger partial charge in [0, 0.05) is 27.2 Å². The van der Waals surface area contributed by atoms with E-state index in [4.69, 9.17) is 0 Å². The van der Waals surface area contributed by atoms with Gasteiger partial charge in [-0.15, -0.1) is 22.7 Å². The molecular formula is C19H23NS2. The third kappa shape index (κ3) is 2.38. The van der Waals surface area contributed by atoms with Crippen molar-refractivity contribution in [2.75, 3.05) is 0 Å². The highest BCUT2D eigenvalue weighted by molar-refractivity contribution is 7.21. The molecule has 0 atom stereocenters. The normalized spacial score (nSPS) is 36.1. The van der Waals surface area contributed by atoms with Gasteiger partial charge in [-0.05, 0) is 79.4 Å². The van der Waals surface area contributed by atoms with Gasteiger partial charge in [-0.1, -0.05) is 6.07 Å². The first-order valence-electron chi connectivity index (χ1n) is 8.71. The molecule has 4 fully saturated rings. The maximum Gasteiger partial charge on any atom is 0.0445 e. The maximum atomic E-state index is 3.95. The number of hydrogen-bond donors (Lipinski definition) is 1. The fraction of sp³-hybridized carbons (Fsp3) is 0.579. The minimum atomic E-state index is 0.806. The molecule has 1 N–H and O–H groups in total. The molecule has 22 heavy (non-hydrogen) atoms. The van der Waals surface area contributed by atoms with E-state index in [1.807, 2.05) is 22.7 Å². The molecule has 0 aliphatic heterocycles. The van der Waals surface area contributed by atoms with E-state index in [-0.39, 0.29) is 0 Å². The van der Waals surface area contributed by atoms with Crippen LogP contribution >= 0.6 is 22.7 Å². The minimum Gasteiger partial charge on any atom is -0.309 e. The third-order valence-corrected chi connectivity index (χ3v) is 8.32. The van der Waals surface area contributed by atoms with Crippen molar-refractivity contribution in [3.05, 3.63) is 34.5 Å². The van der Waals surface area contributed by atoms with Gasteiger partial charge >= 0.3 is 0 Å². The summed E-state index contributed by atoms with van der Waals surface area (Å²) in [5, 5.41) is 6.12. The number of rotatable bonds is 4. The topological polar surface area (TPSA) is 12.0 Å². The Balaban J connectivity index is 1.26. The van der Waals surface area contributed by atoms with Crippen LogP contribution < -0.4 is 5.32 Å². The van der Waals surface area contributed by atoms with Crippen molar-refractivity contribution in [1.29, 1.82) is 0 Å². The molecule has 2 heterocycles. The maximum absolute atomic E-state index is 3.95. The lowest BCUT2D eigenvalue weighted by molar-refractivity contribution is -0.0141. The van der Waals surface area contributed by atoms with Crippen molar-refractivity contribution >= 4 is 22.7 Å². The lowest BCUT2D eigenvalue weighted by Gasteiger charge is -2.54. The van der Waals surface area contributed by atoms with Crippen LogP contribution in [0.3, 0.4) is 0 Å². The molecule has 0 amide bonds. The summed E-state index contributed by atoms with van der Waals surface area (Å²) in [6.07, 6.45) is 7.59. The second-order valence-corrected chi connectivity index (χ2v) is 9.70. The Morgan fingerprint density at radius 1 is 0.909 bits per heavy atom. The molecule has 4 saturated carbocycles. The fourth-order valence-corrected chi connectivity index (χ4v) is 7.29. The summed E-state index contributed by atoms with van der Waals surface area (Å²) < 4.78 is 0. The zero-order valence-corrected chi connectivity index (χ0v) is 14.5. The molecule has 0 unspecified atom stereocenters. The molecule has 116 valence electrons. The summed E-state index contributed by atoms with van der Waals surface area (Å²) >= 11 is 3.81. The van der Waals surface area contributed by atoms with Gasteiger partial charge in [-0.25, -0.2) is 0 Å². The van der Waals surface area contributed by atoms with Gasteiger partial charge < -0.3 is 5.32 Å². The fourth-order valence-electron chi connectivity index (χ4n) is 5.50. The molecular weight excluding hydrogens is 306 g/mol. The van der Waals surface area contributed by atoms with Crippen molar-refractivity contribution < 1.29 is 0 Å². The molecule has 0 radical (unpaired) electrons. The van der Waals surface area contributed by atoms with Crippen LogP contribution in [0.15, 0.2) is 29.6 Å². The SMILES string of the molecule is c1csc(-c2ccc(CNC3C4CC5CC(C4)CC3C5)s2)c1. The number of hydrogen-bond acceptors (Lipinski definition) is 3. The van der Waals surface area contributed by atoms with Gasteiger partial charge in [0.05, 0.1) is 0 Å². The van der Waals surface area contributed by atoms with E-state index in [1.165, 1.54) is 40.3 Å². The highest BCUT2D eigenvalue weighted by atomic mass is 32.1. The lowest BCUT2D eigenvalue weighted by atomic mass is 9.54. The van der Waals surface area contributed by atoms with Crippen molar-refractivity contribution in [2.24, 2.45) is 23.7 Å². The smallest absolute Gasteiger partial charge is 0.0445 e. The molecule has 0 aromatic carbocycles. The molecule has 4 aliphatic rings. The first-order valence-corrected chi connectivity index (χ1v) is 10.4. The molecule has 4 aliphatic carbocycles. The lowest BCUT2D eigenvalue weighted by Crippen LogP contribution is -2.54. The highest BCUT2D eigenvalue weighted by Crippen LogP contribution is 2.53. The van der Waals surface area contributed by atoms with Crippen LogP contribution in [0, 0.1) is 23.7 Å². The molecule has 1 nitrogen and oxygen atoms in total. The number of nitrogens with one attached hydrogen (secondary N) is 1. The van der Waals surface area contributed by atoms with Crippen LogP contribution in [0.2, 0.25) is 0 Å². The highest BCUT2D eigenvalue weighted by Gasteiger charge is 2.47. The molecule has 6 rings (SSSR count). The molecule has 3 heteroatoms. The largest absolute Gasteiger partial charge is 0.309 e. The Labute approximate surface area is 140 Å². The van der Waals surface area contributed by atoms with Crippen molar-refractivity contribution in [2.45, 2.75) is 44.7 Å². The second-order valence-electron chi connectivity index (χ2n) is 7.58. The van der Waals surface area contributed by atoms with Crippen molar-refractivity contribution in [3.63, 3.8) is 0 Å². The standard InChI is InChI=1S/C19H23NS2/c1-2-17(21-5-1)18-4-3-16(22-18)11-20-19-14-7-12-6-13(9-14)10-15(19)8-12/h1-5,12-15,19-20H,6-11H2. The van der Waals surface area contributed by atoms with E-state index >= 15 is 0 Å². The van der Waals surface area contributed by atoms with Crippen LogP contribution in [0.4, 0.5) is 0 Å². The summed E-state index contributed by atoms with van der Waals surface area (Å²) in [5.41, 5.74) is 0. The monoisotopic (exact) mass is 329 g/mol. The van der Waals surface area contributed by atoms with Gasteiger partial charge in [0.1, 0.15) is 0 Å². The average molecular weight is 330 g/mol. The van der Waals surface area contributed by atoms with Gasteiger partial charge in [0.2, 0.25) is 0 Å². The molecule has 2 aromatic rings. The van der Waals surface area contributed by atoms with Crippen molar-refractivity contribution in [1.82, 2.24) is 5.32 Å². The minimum absolute atomic E-state index is 0.806. The Morgan fingerprint density at radius 2 is 1.68 bits per heavy atom. The Bertz CT molecular complexity index is 614. The number of thiophene rings is 2. The van der Waals surface area contributed by atoms with E-state index in [0.29, 0.717) is 0 Å². The van der Waals surface area contributed by atoms with E-state index in [9.17, 15) is 0 Å². The second kappa shape index (κ2) is 5.47. The molecule has 4 bridgehead atoms. The van der Waals surface area contributed by atoms with Gasteiger partial charge in [-0.3, -0.25) is 0 Å². The Hall–Kier alpha value is -0.640. The van der Waals surface area contributed by atoms with Crippen LogP contribution in [0.25, 0.3) is 9.75 Å².